The lowest BCUT2D eigenvalue weighted by molar-refractivity contribution is 0.320. The molecule has 0 unspecified atom stereocenters. The minimum Gasteiger partial charge on any atom is -0.491 e. The molecular formula is C17H21NOS. The van der Waals surface area contributed by atoms with Crippen LogP contribution in [0, 0.1) is 13.8 Å². The molecule has 2 aromatic rings. The third-order valence-corrected chi connectivity index (χ3v) is 4.31. The molecule has 0 aromatic heterocycles. The minimum atomic E-state index is 0.700. The number of nitrogens with two attached hydrogens (primary N) is 1. The van der Waals surface area contributed by atoms with Gasteiger partial charge in [0.1, 0.15) is 5.75 Å². The molecule has 0 aliphatic carbocycles. The number of rotatable bonds is 6. The second-order valence-corrected chi connectivity index (χ2v) is 5.99. The second kappa shape index (κ2) is 7.25. The average Bonchev–Trinajstić information content (AvgIpc) is 2.44. The molecule has 20 heavy (non-hydrogen) atoms. The van der Waals surface area contributed by atoms with Gasteiger partial charge in [-0.15, -0.1) is 11.8 Å². The van der Waals surface area contributed by atoms with Gasteiger partial charge in [0.25, 0.3) is 0 Å². The van der Waals surface area contributed by atoms with Gasteiger partial charge in [-0.05, 0) is 44.0 Å². The fourth-order valence-electron chi connectivity index (χ4n) is 1.90. The largest absolute Gasteiger partial charge is 0.491 e. The summed E-state index contributed by atoms with van der Waals surface area (Å²) in [7, 11) is 0. The van der Waals surface area contributed by atoms with Gasteiger partial charge < -0.3 is 10.5 Å². The predicted molar refractivity (Wildman–Crippen MR) is 87.6 cm³/mol. The fraction of sp³-hybridized carbons (Fsp3) is 0.294. The van der Waals surface area contributed by atoms with Gasteiger partial charge >= 0.3 is 0 Å². The first-order chi connectivity index (χ1) is 9.66. The maximum absolute atomic E-state index is 5.83. The van der Waals surface area contributed by atoms with Gasteiger partial charge in [-0.3, -0.25) is 0 Å². The third kappa shape index (κ3) is 4.20. The molecule has 0 spiro atoms. The Kier molecular flexibility index (Phi) is 5.36. The van der Waals surface area contributed by atoms with Crippen molar-refractivity contribution in [1.29, 1.82) is 0 Å². The maximum atomic E-state index is 5.83. The van der Waals surface area contributed by atoms with Crippen LogP contribution in [0.4, 0.5) is 5.69 Å². The zero-order valence-electron chi connectivity index (χ0n) is 12.1. The van der Waals surface area contributed by atoms with Gasteiger partial charge in [0.2, 0.25) is 0 Å². The van der Waals surface area contributed by atoms with E-state index in [0.717, 1.165) is 17.9 Å². The van der Waals surface area contributed by atoms with E-state index in [-0.39, 0.29) is 0 Å². The van der Waals surface area contributed by atoms with Gasteiger partial charge in [-0.2, -0.15) is 0 Å². The van der Waals surface area contributed by atoms with Crippen LogP contribution in [0.1, 0.15) is 17.5 Å². The molecule has 0 saturated heterocycles. The van der Waals surface area contributed by atoms with E-state index in [1.54, 1.807) is 0 Å². The standard InChI is InChI=1S/C17H21NOS/c1-13-8-9-14(2)17(12-13)20-11-5-10-19-16-7-4-3-6-15(16)18/h3-4,6-9,12H,5,10-11,18H2,1-2H3. The van der Waals surface area contributed by atoms with E-state index >= 15 is 0 Å². The molecule has 0 atom stereocenters. The molecule has 2 nitrogen and oxygen atoms in total. The summed E-state index contributed by atoms with van der Waals surface area (Å²) in [6.07, 6.45) is 1.01. The van der Waals surface area contributed by atoms with Crippen molar-refractivity contribution in [2.24, 2.45) is 0 Å². The molecule has 2 N–H and O–H groups in total. The normalized spacial score (nSPS) is 10.5. The summed E-state index contributed by atoms with van der Waals surface area (Å²) in [5.41, 5.74) is 9.19. The van der Waals surface area contributed by atoms with Crippen molar-refractivity contribution in [3.63, 3.8) is 0 Å². The summed E-state index contributed by atoms with van der Waals surface area (Å²) in [5.74, 6) is 1.83. The third-order valence-electron chi connectivity index (χ3n) is 3.07. The molecule has 3 heteroatoms. The number of para-hydroxylation sites is 2. The van der Waals surface area contributed by atoms with Crippen LogP contribution in [-0.2, 0) is 0 Å². The van der Waals surface area contributed by atoms with Crippen LogP contribution in [0.3, 0.4) is 0 Å². The lowest BCUT2D eigenvalue weighted by Gasteiger charge is -2.09. The molecule has 106 valence electrons. The van der Waals surface area contributed by atoms with Crippen LogP contribution in [-0.4, -0.2) is 12.4 Å². The number of aryl methyl sites for hydroxylation is 2. The quantitative estimate of drug-likeness (QED) is 0.484. The molecule has 0 aliphatic heterocycles. The van der Waals surface area contributed by atoms with Gasteiger partial charge in [0, 0.05) is 10.6 Å². The number of thioether (sulfide) groups is 1. The maximum Gasteiger partial charge on any atom is 0.142 e. The Hall–Kier alpha value is -1.61. The van der Waals surface area contributed by atoms with E-state index in [2.05, 4.69) is 32.0 Å². The summed E-state index contributed by atoms with van der Waals surface area (Å²) in [6.45, 7) is 4.99. The van der Waals surface area contributed by atoms with E-state index < -0.39 is 0 Å². The number of hydrogen-bond donors (Lipinski definition) is 1. The van der Waals surface area contributed by atoms with Gasteiger partial charge in [0.15, 0.2) is 0 Å². The van der Waals surface area contributed by atoms with Crippen molar-refractivity contribution in [2.75, 3.05) is 18.1 Å². The molecule has 0 radical (unpaired) electrons. The minimum absolute atomic E-state index is 0.700. The Labute approximate surface area is 125 Å². The van der Waals surface area contributed by atoms with Crippen LogP contribution in [0.25, 0.3) is 0 Å². The van der Waals surface area contributed by atoms with Crippen LogP contribution in [0.2, 0.25) is 0 Å². The van der Waals surface area contributed by atoms with Crippen molar-refractivity contribution >= 4 is 17.4 Å². The van der Waals surface area contributed by atoms with Crippen molar-refractivity contribution in [2.45, 2.75) is 25.2 Å². The lowest BCUT2D eigenvalue weighted by Crippen LogP contribution is -2.01. The monoisotopic (exact) mass is 287 g/mol. The highest BCUT2D eigenvalue weighted by Gasteiger charge is 2.01. The number of benzene rings is 2. The topological polar surface area (TPSA) is 35.2 Å². The lowest BCUT2D eigenvalue weighted by atomic mass is 10.2. The van der Waals surface area contributed by atoms with Crippen molar-refractivity contribution in [1.82, 2.24) is 0 Å². The predicted octanol–water partition coefficient (Wildman–Crippen LogP) is 4.45. The fourth-order valence-corrected chi connectivity index (χ4v) is 2.95. The van der Waals surface area contributed by atoms with E-state index in [1.165, 1.54) is 16.0 Å². The van der Waals surface area contributed by atoms with E-state index in [1.807, 2.05) is 36.0 Å². The average molecular weight is 287 g/mol. The SMILES string of the molecule is Cc1ccc(C)c(SCCCOc2ccccc2N)c1. The summed E-state index contributed by atoms with van der Waals surface area (Å²) < 4.78 is 5.69. The molecule has 2 aromatic carbocycles. The first-order valence-corrected chi connectivity index (χ1v) is 7.83. The molecule has 0 heterocycles. The van der Waals surface area contributed by atoms with Crippen molar-refractivity contribution < 1.29 is 4.74 Å². The summed E-state index contributed by atoms with van der Waals surface area (Å²) in [6, 6.07) is 14.2. The van der Waals surface area contributed by atoms with Crippen LogP contribution in [0.5, 0.6) is 5.75 Å². The Balaban J connectivity index is 1.74. The molecular weight excluding hydrogens is 266 g/mol. The summed E-state index contributed by atoms with van der Waals surface area (Å²) >= 11 is 1.89. The number of nitrogen functional groups attached to an aromatic ring is 1. The van der Waals surface area contributed by atoms with E-state index in [9.17, 15) is 0 Å². The molecule has 0 bridgehead atoms. The van der Waals surface area contributed by atoms with Crippen LogP contribution in [0.15, 0.2) is 47.4 Å². The Bertz CT molecular complexity index is 569. The highest BCUT2D eigenvalue weighted by atomic mass is 32.2. The van der Waals surface area contributed by atoms with Crippen LogP contribution < -0.4 is 10.5 Å². The Morgan fingerprint density at radius 2 is 1.90 bits per heavy atom. The van der Waals surface area contributed by atoms with E-state index in [4.69, 9.17) is 10.5 Å². The summed E-state index contributed by atoms with van der Waals surface area (Å²) in [4.78, 5) is 1.37. The second-order valence-electron chi connectivity index (χ2n) is 4.86. The zero-order valence-corrected chi connectivity index (χ0v) is 12.9. The number of ether oxygens (including phenoxy) is 1. The first kappa shape index (κ1) is 14.8. The highest BCUT2D eigenvalue weighted by Crippen LogP contribution is 2.24. The highest BCUT2D eigenvalue weighted by molar-refractivity contribution is 7.99. The molecule has 0 aliphatic rings. The zero-order chi connectivity index (χ0) is 14.4. The molecule has 0 saturated carbocycles. The molecule has 0 amide bonds. The Morgan fingerprint density at radius 1 is 1.10 bits per heavy atom. The van der Waals surface area contributed by atoms with Gasteiger partial charge in [-0.1, -0.05) is 29.8 Å². The van der Waals surface area contributed by atoms with Crippen molar-refractivity contribution in [3.8, 4) is 5.75 Å². The van der Waals surface area contributed by atoms with Crippen molar-refractivity contribution in [3.05, 3.63) is 53.6 Å². The number of hydrogen-bond acceptors (Lipinski definition) is 3. The van der Waals surface area contributed by atoms with E-state index in [0.29, 0.717) is 12.3 Å². The van der Waals surface area contributed by atoms with Crippen LogP contribution >= 0.6 is 11.8 Å². The first-order valence-electron chi connectivity index (χ1n) is 6.84. The summed E-state index contributed by atoms with van der Waals surface area (Å²) in [5, 5.41) is 0. The number of anilines is 1. The molecule has 2 rings (SSSR count). The molecule has 0 fully saturated rings. The smallest absolute Gasteiger partial charge is 0.142 e. The van der Waals surface area contributed by atoms with Gasteiger partial charge in [-0.25, -0.2) is 0 Å². The Morgan fingerprint density at radius 3 is 2.70 bits per heavy atom. The van der Waals surface area contributed by atoms with Gasteiger partial charge in [0.05, 0.1) is 12.3 Å².